The molecular formula is C27H48N2O5. The molecule has 2 unspecified atom stereocenters. The van der Waals surface area contributed by atoms with Gasteiger partial charge in [0, 0.05) is 43.1 Å². The van der Waals surface area contributed by atoms with Gasteiger partial charge in [-0.05, 0) is 73.6 Å². The second-order valence-corrected chi connectivity index (χ2v) is 11.6. The Morgan fingerprint density at radius 2 is 1.79 bits per heavy atom. The van der Waals surface area contributed by atoms with Crippen molar-refractivity contribution < 1.29 is 23.7 Å². The Morgan fingerprint density at radius 3 is 2.32 bits per heavy atom. The van der Waals surface area contributed by atoms with E-state index in [-0.39, 0.29) is 24.4 Å². The normalized spacial score (nSPS) is 23.1. The summed E-state index contributed by atoms with van der Waals surface area (Å²) >= 11 is 0. The molecule has 34 heavy (non-hydrogen) atoms. The van der Waals surface area contributed by atoms with E-state index in [2.05, 4.69) is 18.7 Å². The first-order valence-corrected chi connectivity index (χ1v) is 12.9. The molecule has 0 bridgehead atoms. The van der Waals surface area contributed by atoms with Gasteiger partial charge in [0.25, 0.3) is 0 Å². The monoisotopic (exact) mass is 480 g/mol. The van der Waals surface area contributed by atoms with Crippen LogP contribution in [-0.4, -0.2) is 73.0 Å². The van der Waals surface area contributed by atoms with Crippen LogP contribution in [0.25, 0.3) is 0 Å². The molecule has 0 spiro atoms. The van der Waals surface area contributed by atoms with Gasteiger partial charge in [0.1, 0.15) is 0 Å². The Labute approximate surface area is 207 Å². The molecule has 2 aliphatic heterocycles. The van der Waals surface area contributed by atoms with E-state index in [0.29, 0.717) is 25.0 Å². The SMILES string of the molecule is CCOCC(C)OC1CC(N2CCC(C)(C)CC2)=C([C@H](OC(C)(C)C)C(=O)OC(C)C)C(C)=N1. The van der Waals surface area contributed by atoms with Gasteiger partial charge in [-0.1, -0.05) is 13.8 Å². The molecule has 0 N–H and O–H groups in total. The van der Waals surface area contributed by atoms with Gasteiger partial charge in [-0.25, -0.2) is 4.79 Å². The van der Waals surface area contributed by atoms with Crippen LogP contribution in [0.2, 0.25) is 0 Å². The molecule has 2 aliphatic rings. The van der Waals surface area contributed by atoms with Gasteiger partial charge in [0.15, 0.2) is 12.3 Å². The quantitative estimate of drug-likeness (QED) is 0.404. The van der Waals surface area contributed by atoms with Gasteiger partial charge >= 0.3 is 5.97 Å². The van der Waals surface area contributed by atoms with Crippen molar-refractivity contribution >= 4 is 11.7 Å². The lowest BCUT2D eigenvalue weighted by Crippen LogP contribution is -2.45. The zero-order valence-corrected chi connectivity index (χ0v) is 23.2. The molecule has 2 rings (SSSR count). The van der Waals surface area contributed by atoms with Crippen LogP contribution in [0.15, 0.2) is 16.3 Å². The van der Waals surface area contributed by atoms with Crippen LogP contribution in [0.3, 0.4) is 0 Å². The van der Waals surface area contributed by atoms with Gasteiger partial charge < -0.3 is 23.8 Å². The lowest BCUT2D eigenvalue weighted by molar-refractivity contribution is -0.166. The van der Waals surface area contributed by atoms with E-state index in [4.69, 9.17) is 23.9 Å². The molecule has 0 aromatic rings. The summed E-state index contributed by atoms with van der Waals surface area (Å²) in [5.74, 6) is -0.367. The number of esters is 1. The van der Waals surface area contributed by atoms with Crippen LogP contribution in [0.5, 0.6) is 0 Å². The zero-order chi connectivity index (χ0) is 25.7. The number of carbonyl (C=O) groups excluding carboxylic acids is 1. The number of carbonyl (C=O) groups is 1. The van der Waals surface area contributed by atoms with Crippen molar-refractivity contribution in [2.24, 2.45) is 10.4 Å². The molecular weight excluding hydrogens is 432 g/mol. The van der Waals surface area contributed by atoms with E-state index in [1.165, 1.54) is 0 Å². The summed E-state index contributed by atoms with van der Waals surface area (Å²) in [5, 5.41) is 0. The molecule has 0 radical (unpaired) electrons. The van der Waals surface area contributed by atoms with Crippen molar-refractivity contribution in [1.29, 1.82) is 0 Å². The van der Waals surface area contributed by atoms with Crippen LogP contribution in [0, 0.1) is 5.41 Å². The van der Waals surface area contributed by atoms with Crippen molar-refractivity contribution in [2.45, 2.75) is 119 Å². The zero-order valence-electron chi connectivity index (χ0n) is 23.2. The topological polar surface area (TPSA) is 69.6 Å². The maximum absolute atomic E-state index is 13.3. The second kappa shape index (κ2) is 12.0. The summed E-state index contributed by atoms with van der Waals surface area (Å²) in [7, 11) is 0. The lowest BCUT2D eigenvalue weighted by Gasteiger charge is -2.43. The fourth-order valence-corrected chi connectivity index (χ4v) is 4.38. The second-order valence-electron chi connectivity index (χ2n) is 11.6. The van der Waals surface area contributed by atoms with Crippen molar-refractivity contribution in [2.75, 3.05) is 26.3 Å². The van der Waals surface area contributed by atoms with Gasteiger partial charge in [0.05, 0.1) is 24.4 Å². The van der Waals surface area contributed by atoms with Crippen molar-refractivity contribution in [3.63, 3.8) is 0 Å². The summed E-state index contributed by atoms with van der Waals surface area (Å²) in [6.07, 6.45) is 1.33. The minimum absolute atomic E-state index is 0.0721. The minimum Gasteiger partial charge on any atom is -0.461 e. The number of hydrogen-bond acceptors (Lipinski definition) is 7. The maximum atomic E-state index is 13.3. The third-order valence-electron chi connectivity index (χ3n) is 6.15. The number of piperidine rings is 1. The van der Waals surface area contributed by atoms with Crippen molar-refractivity contribution in [3.05, 3.63) is 11.3 Å². The van der Waals surface area contributed by atoms with Crippen molar-refractivity contribution in [1.82, 2.24) is 4.90 Å². The van der Waals surface area contributed by atoms with Crippen molar-refractivity contribution in [3.8, 4) is 0 Å². The number of hydrogen-bond donors (Lipinski definition) is 0. The molecule has 1 fully saturated rings. The number of nitrogens with zero attached hydrogens (tertiary/aromatic N) is 2. The average molecular weight is 481 g/mol. The lowest BCUT2D eigenvalue weighted by atomic mass is 9.82. The molecule has 7 heteroatoms. The summed E-state index contributed by atoms with van der Waals surface area (Å²) in [4.78, 5) is 20.6. The minimum atomic E-state index is -0.835. The van der Waals surface area contributed by atoms with E-state index in [1.807, 2.05) is 55.4 Å². The predicted octanol–water partition coefficient (Wildman–Crippen LogP) is 5.13. The van der Waals surface area contributed by atoms with E-state index in [9.17, 15) is 4.79 Å². The van der Waals surface area contributed by atoms with Gasteiger partial charge in [-0.2, -0.15) is 0 Å². The Kier molecular flexibility index (Phi) is 10.2. The molecule has 0 aromatic heterocycles. The molecule has 196 valence electrons. The Bertz CT molecular complexity index is 741. The molecule has 0 saturated carbocycles. The Morgan fingerprint density at radius 1 is 1.18 bits per heavy atom. The predicted molar refractivity (Wildman–Crippen MR) is 136 cm³/mol. The van der Waals surface area contributed by atoms with Gasteiger partial charge in [-0.3, -0.25) is 4.99 Å². The summed E-state index contributed by atoms with van der Waals surface area (Å²) in [6.45, 7) is 23.2. The van der Waals surface area contributed by atoms with Crippen LogP contribution in [-0.2, 0) is 23.7 Å². The number of rotatable bonds is 10. The highest BCUT2D eigenvalue weighted by Gasteiger charge is 2.39. The standard InChI is InChI=1S/C27H48N2O5/c1-11-31-17-19(4)33-22-16-21(29-14-12-27(9,10)13-15-29)23(20(5)28-22)24(34-26(6,7)8)25(30)32-18(2)3/h18-19,22,24H,11-17H2,1-10H3/t19?,22?,24-/m0/s1. The number of aliphatic imine (C=N–C) groups is 1. The van der Waals surface area contributed by atoms with E-state index < -0.39 is 11.7 Å². The van der Waals surface area contributed by atoms with Crippen LogP contribution in [0.1, 0.15) is 88.5 Å². The Hall–Kier alpha value is -1.44. The van der Waals surface area contributed by atoms with Gasteiger partial charge in [-0.15, -0.1) is 0 Å². The van der Waals surface area contributed by atoms with Crippen LogP contribution in [0.4, 0.5) is 0 Å². The first-order chi connectivity index (χ1) is 15.7. The smallest absolute Gasteiger partial charge is 0.340 e. The van der Waals surface area contributed by atoms with E-state index >= 15 is 0 Å². The highest BCUT2D eigenvalue weighted by Crippen LogP contribution is 2.36. The Balaban J connectivity index is 2.45. The van der Waals surface area contributed by atoms with Gasteiger partial charge in [0.2, 0.25) is 0 Å². The molecule has 2 heterocycles. The number of dihydropyridines is 1. The fraction of sp³-hybridized carbons (Fsp3) is 0.852. The maximum Gasteiger partial charge on any atom is 0.340 e. The summed E-state index contributed by atoms with van der Waals surface area (Å²) < 4.78 is 23.8. The average Bonchev–Trinajstić information content (AvgIpc) is 2.69. The van der Waals surface area contributed by atoms with E-state index in [0.717, 1.165) is 42.9 Å². The third-order valence-corrected chi connectivity index (χ3v) is 6.15. The first-order valence-electron chi connectivity index (χ1n) is 12.9. The van der Waals surface area contributed by atoms with Crippen LogP contribution >= 0.6 is 0 Å². The summed E-state index contributed by atoms with van der Waals surface area (Å²) in [5.41, 5.74) is 2.48. The molecule has 1 saturated heterocycles. The molecule has 0 aliphatic carbocycles. The highest BCUT2D eigenvalue weighted by atomic mass is 16.6. The molecule has 0 aromatic carbocycles. The third kappa shape index (κ3) is 8.65. The number of likely N-dealkylation sites (tertiary alicyclic amines) is 1. The molecule has 0 amide bonds. The van der Waals surface area contributed by atoms with Crippen LogP contribution < -0.4 is 0 Å². The molecule has 3 atom stereocenters. The largest absolute Gasteiger partial charge is 0.461 e. The van der Waals surface area contributed by atoms with E-state index in [1.54, 1.807) is 0 Å². The fourth-order valence-electron chi connectivity index (χ4n) is 4.38. The highest BCUT2D eigenvalue weighted by molar-refractivity contribution is 6.05. The molecule has 7 nitrogen and oxygen atoms in total. The first kappa shape index (κ1) is 28.8. The number of ether oxygens (including phenoxy) is 4. The summed E-state index contributed by atoms with van der Waals surface area (Å²) in [6, 6.07) is 0.